The monoisotopic (exact) mass is 389 g/mol. The van der Waals surface area contributed by atoms with Crippen LogP contribution >= 0.6 is 11.3 Å². The van der Waals surface area contributed by atoms with E-state index < -0.39 is 9.84 Å². The molecule has 8 heteroatoms. The molecule has 0 aliphatic carbocycles. The molecule has 0 bridgehead atoms. The van der Waals surface area contributed by atoms with Gasteiger partial charge in [-0.3, -0.25) is 9.78 Å². The number of carbonyl (C=O) groups excluding carboxylic acids is 1. The molecule has 0 saturated heterocycles. The molecule has 0 aliphatic heterocycles. The van der Waals surface area contributed by atoms with Crippen molar-refractivity contribution >= 4 is 38.0 Å². The van der Waals surface area contributed by atoms with E-state index in [0.717, 1.165) is 11.3 Å². The van der Waals surface area contributed by atoms with Crippen molar-refractivity contribution in [3.8, 4) is 0 Å². The van der Waals surface area contributed by atoms with Crippen LogP contribution in [0.25, 0.3) is 11.0 Å². The molecule has 3 aromatic heterocycles. The van der Waals surface area contributed by atoms with Crippen molar-refractivity contribution in [1.29, 1.82) is 0 Å². The molecular formula is C18H19N3O3S2. The Morgan fingerprint density at radius 1 is 1.27 bits per heavy atom. The average Bonchev–Trinajstić information content (AvgIpc) is 3.16. The van der Waals surface area contributed by atoms with E-state index in [1.54, 1.807) is 23.7 Å². The minimum atomic E-state index is -3.63. The molecule has 0 spiro atoms. The highest BCUT2D eigenvalue weighted by molar-refractivity contribution is 7.91. The van der Waals surface area contributed by atoms with Gasteiger partial charge in [-0.25, -0.2) is 13.4 Å². The van der Waals surface area contributed by atoms with Crippen LogP contribution in [0.3, 0.4) is 0 Å². The van der Waals surface area contributed by atoms with Crippen LogP contribution in [-0.2, 0) is 27.6 Å². The number of allylic oxidation sites excluding steroid dienone is 1. The van der Waals surface area contributed by atoms with Crippen molar-refractivity contribution < 1.29 is 13.2 Å². The average molecular weight is 390 g/mol. The maximum atomic E-state index is 12.7. The summed E-state index contributed by atoms with van der Waals surface area (Å²) in [5, 5.41) is 3.54. The zero-order valence-electron chi connectivity index (χ0n) is 14.5. The van der Waals surface area contributed by atoms with Crippen LogP contribution in [0, 0.1) is 6.92 Å². The Labute approximate surface area is 156 Å². The summed E-state index contributed by atoms with van der Waals surface area (Å²) in [5.74, 6) is -0.285. The molecule has 0 aromatic carbocycles. The number of aromatic nitrogens is 3. The SMILES string of the molecule is CC(=O)Cn1c(S(=O)(=O)CC=CCc2ccc(C)cn2)nc2cscc21. The molecule has 3 aromatic rings. The normalized spacial score (nSPS) is 12.2. The topological polar surface area (TPSA) is 81.9 Å². The van der Waals surface area contributed by atoms with Gasteiger partial charge in [0.15, 0.2) is 0 Å². The quantitative estimate of drug-likeness (QED) is 0.580. The molecule has 0 radical (unpaired) electrons. The van der Waals surface area contributed by atoms with E-state index in [1.165, 1.54) is 22.8 Å². The first kappa shape index (κ1) is 18.5. The fourth-order valence-electron chi connectivity index (χ4n) is 2.54. The van der Waals surface area contributed by atoms with Crippen molar-refractivity contribution in [2.24, 2.45) is 0 Å². The summed E-state index contributed by atoms with van der Waals surface area (Å²) in [6, 6.07) is 3.89. The molecule has 0 amide bonds. The molecule has 136 valence electrons. The number of carbonyl (C=O) groups is 1. The molecule has 0 unspecified atom stereocenters. The van der Waals surface area contributed by atoms with E-state index in [2.05, 4.69) is 9.97 Å². The number of ketones is 1. The predicted molar refractivity (Wildman–Crippen MR) is 102 cm³/mol. The zero-order valence-corrected chi connectivity index (χ0v) is 16.2. The van der Waals surface area contributed by atoms with Gasteiger partial charge in [0.25, 0.3) is 0 Å². The zero-order chi connectivity index (χ0) is 18.7. The van der Waals surface area contributed by atoms with Gasteiger partial charge in [0.1, 0.15) is 11.3 Å². The third kappa shape index (κ3) is 4.08. The third-order valence-corrected chi connectivity index (χ3v) is 6.02. The standard InChI is InChI=1S/C18H19N3O3S2/c1-13-6-7-15(19-9-13)5-3-4-8-26(23,24)18-20-16-11-25-12-17(16)21(18)10-14(2)22/h3-4,6-7,9,11-12H,5,8,10H2,1-2H3. The third-order valence-electron chi connectivity index (χ3n) is 3.80. The minimum absolute atomic E-state index is 0.00119. The highest BCUT2D eigenvalue weighted by Crippen LogP contribution is 2.24. The molecule has 0 saturated carbocycles. The van der Waals surface area contributed by atoms with Gasteiger partial charge >= 0.3 is 0 Å². The van der Waals surface area contributed by atoms with E-state index in [1.807, 2.05) is 24.4 Å². The van der Waals surface area contributed by atoms with Crippen LogP contribution in [0.15, 0.2) is 46.4 Å². The summed E-state index contributed by atoms with van der Waals surface area (Å²) in [7, 11) is -3.63. The number of fused-ring (bicyclic) bond motifs is 1. The summed E-state index contributed by atoms with van der Waals surface area (Å²) in [4.78, 5) is 20.1. The number of imidazole rings is 1. The number of rotatable bonds is 7. The second-order valence-electron chi connectivity index (χ2n) is 6.11. The number of Topliss-reactive ketones (excluding diaryl/α,β-unsaturated/α-hetero) is 1. The molecule has 3 heterocycles. The Morgan fingerprint density at radius 3 is 2.77 bits per heavy atom. The van der Waals surface area contributed by atoms with Gasteiger partial charge in [-0.15, -0.1) is 11.3 Å². The molecular weight excluding hydrogens is 370 g/mol. The largest absolute Gasteiger partial charge is 0.307 e. The number of hydrogen-bond donors (Lipinski definition) is 0. The van der Waals surface area contributed by atoms with Gasteiger partial charge in [-0.2, -0.15) is 0 Å². The number of thiophene rings is 1. The van der Waals surface area contributed by atoms with Crippen molar-refractivity contribution in [2.75, 3.05) is 5.75 Å². The maximum absolute atomic E-state index is 12.7. The highest BCUT2D eigenvalue weighted by Gasteiger charge is 2.23. The van der Waals surface area contributed by atoms with Gasteiger partial charge in [0, 0.05) is 29.1 Å². The summed E-state index contributed by atoms with van der Waals surface area (Å²) < 4.78 is 26.9. The minimum Gasteiger partial charge on any atom is -0.307 e. The summed E-state index contributed by atoms with van der Waals surface area (Å²) in [6.07, 6.45) is 5.74. The predicted octanol–water partition coefficient (Wildman–Crippen LogP) is 2.96. The fraction of sp³-hybridized carbons (Fsp3) is 0.278. The lowest BCUT2D eigenvalue weighted by molar-refractivity contribution is -0.117. The van der Waals surface area contributed by atoms with Crippen LogP contribution < -0.4 is 0 Å². The molecule has 0 aliphatic rings. The van der Waals surface area contributed by atoms with Crippen molar-refractivity contribution in [3.63, 3.8) is 0 Å². The van der Waals surface area contributed by atoms with Gasteiger partial charge < -0.3 is 4.57 Å². The van der Waals surface area contributed by atoms with Crippen molar-refractivity contribution in [3.05, 3.63) is 52.5 Å². The van der Waals surface area contributed by atoms with E-state index >= 15 is 0 Å². The fourth-order valence-corrected chi connectivity index (χ4v) is 4.56. The lowest BCUT2D eigenvalue weighted by atomic mass is 10.2. The van der Waals surface area contributed by atoms with Crippen LogP contribution in [0.1, 0.15) is 18.2 Å². The van der Waals surface area contributed by atoms with E-state index in [-0.39, 0.29) is 23.2 Å². The molecule has 3 rings (SSSR count). The first-order valence-corrected chi connectivity index (χ1v) is 10.7. The van der Waals surface area contributed by atoms with Crippen LogP contribution in [-0.4, -0.2) is 34.5 Å². The van der Waals surface area contributed by atoms with E-state index in [0.29, 0.717) is 17.5 Å². The van der Waals surface area contributed by atoms with Gasteiger partial charge in [0.2, 0.25) is 15.0 Å². The number of pyridine rings is 1. The first-order valence-electron chi connectivity index (χ1n) is 8.08. The summed E-state index contributed by atoms with van der Waals surface area (Å²) >= 11 is 1.43. The maximum Gasteiger partial charge on any atom is 0.229 e. The first-order chi connectivity index (χ1) is 12.4. The second-order valence-corrected chi connectivity index (χ2v) is 8.78. The Hall–Kier alpha value is -2.32. The van der Waals surface area contributed by atoms with E-state index in [9.17, 15) is 13.2 Å². The lowest BCUT2D eigenvalue weighted by Crippen LogP contribution is -2.16. The Balaban J connectivity index is 1.78. The highest BCUT2D eigenvalue weighted by atomic mass is 32.2. The van der Waals surface area contributed by atoms with Crippen LogP contribution in [0.5, 0.6) is 0 Å². The number of nitrogens with zero attached hydrogens (tertiary/aromatic N) is 3. The Morgan fingerprint density at radius 2 is 2.08 bits per heavy atom. The van der Waals surface area contributed by atoms with Crippen molar-refractivity contribution in [2.45, 2.75) is 32.0 Å². The number of hydrogen-bond acceptors (Lipinski definition) is 6. The number of sulfone groups is 1. The van der Waals surface area contributed by atoms with Crippen LogP contribution in [0.4, 0.5) is 0 Å². The summed E-state index contributed by atoms with van der Waals surface area (Å²) in [6.45, 7) is 3.40. The summed E-state index contributed by atoms with van der Waals surface area (Å²) in [5.41, 5.74) is 3.24. The second kappa shape index (κ2) is 7.51. The molecule has 0 N–H and O–H groups in total. The van der Waals surface area contributed by atoms with Crippen molar-refractivity contribution in [1.82, 2.24) is 14.5 Å². The Bertz CT molecular complexity index is 1060. The molecule has 0 atom stereocenters. The molecule has 6 nitrogen and oxygen atoms in total. The smallest absolute Gasteiger partial charge is 0.229 e. The van der Waals surface area contributed by atoms with Gasteiger partial charge in [0.05, 0.1) is 17.8 Å². The van der Waals surface area contributed by atoms with Gasteiger partial charge in [-0.1, -0.05) is 18.2 Å². The molecule has 0 fully saturated rings. The van der Waals surface area contributed by atoms with Gasteiger partial charge in [-0.05, 0) is 25.5 Å². The van der Waals surface area contributed by atoms with E-state index in [4.69, 9.17) is 0 Å². The van der Waals surface area contributed by atoms with Crippen LogP contribution in [0.2, 0.25) is 0 Å². The lowest BCUT2D eigenvalue weighted by Gasteiger charge is -2.06. The number of aryl methyl sites for hydroxylation is 1. The molecule has 26 heavy (non-hydrogen) atoms. The Kier molecular flexibility index (Phi) is 5.33.